The van der Waals surface area contributed by atoms with Crippen molar-refractivity contribution in [2.24, 2.45) is 0 Å². The van der Waals surface area contributed by atoms with Crippen LogP contribution >= 0.6 is 0 Å². The molecule has 0 aliphatic heterocycles. The summed E-state index contributed by atoms with van der Waals surface area (Å²) < 4.78 is 13.2. The number of carbonyl (C=O) groups is 1. The van der Waals surface area contributed by atoms with E-state index in [-0.39, 0.29) is 0 Å². The minimum Gasteiger partial charge on any atom is -0.450 e. The van der Waals surface area contributed by atoms with Crippen molar-refractivity contribution in [2.45, 2.75) is 24.9 Å². The predicted molar refractivity (Wildman–Crippen MR) is 53.9 cm³/mol. The zero-order valence-electron chi connectivity index (χ0n) is 8.19. The molecule has 4 heteroatoms. The first-order valence-electron chi connectivity index (χ1n) is 4.67. The van der Waals surface area contributed by atoms with Crippen molar-refractivity contribution in [2.75, 3.05) is 0 Å². The molecule has 15 heavy (non-hydrogen) atoms. The smallest absolute Gasteiger partial charge is 0.450 e. The maximum atomic E-state index is 13.2. The number of hydrogen-bond acceptors (Lipinski definition) is 1. The topological polar surface area (TPSA) is 57.5 Å². The van der Waals surface area contributed by atoms with Crippen molar-refractivity contribution in [3.63, 3.8) is 0 Å². The lowest BCUT2D eigenvalue weighted by Crippen LogP contribution is -2.03. The second-order valence-corrected chi connectivity index (χ2v) is 3.60. The molecule has 2 N–H and O–H groups in total. The molecule has 1 fully saturated rings. The molecule has 82 valence electrons. The number of hydrogen-bond donors (Lipinski definition) is 2. The highest BCUT2D eigenvalue weighted by Gasteiger charge is 2.42. The van der Waals surface area contributed by atoms with Gasteiger partial charge in [-0.2, -0.15) is 0 Å². The molecule has 3 nitrogen and oxygen atoms in total. The van der Waals surface area contributed by atoms with Gasteiger partial charge in [0.25, 0.3) is 0 Å². The third kappa shape index (κ3) is 5.00. The molecule has 0 spiro atoms. The van der Waals surface area contributed by atoms with Gasteiger partial charge in [0, 0.05) is 6.42 Å². The van der Waals surface area contributed by atoms with Crippen molar-refractivity contribution < 1.29 is 19.4 Å². The first-order chi connectivity index (χ1) is 7.02. The van der Waals surface area contributed by atoms with Crippen molar-refractivity contribution in [1.29, 1.82) is 0 Å². The Bertz CT molecular complexity index is 316. The van der Waals surface area contributed by atoms with E-state index >= 15 is 0 Å². The molecule has 1 aliphatic rings. The molecular formula is C11H13FO3. The first kappa shape index (κ1) is 11.5. The van der Waals surface area contributed by atoms with Gasteiger partial charge in [0.1, 0.15) is 5.67 Å². The van der Waals surface area contributed by atoms with Gasteiger partial charge in [-0.25, -0.2) is 9.18 Å². The maximum Gasteiger partial charge on any atom is 0.503 e. The fraction of sp³-hybridized carbons (Fsp3) is 0.364. The quantitative estimate of drug-likeness (QED) is 0.792. The SMILES string of the molecule is FC1(Cc2ccccc2)CC1.O=C(O)O. The molecule has 0 atom stereocenters. The van der Waals surface area contributed by atoms with E-state index in [4.69, 9.17) is 15.0 Å². The highest BCUT2D eigenvalue weighted by molar-refractivity contribution is 5.53. The molecule has 0 heterocycles. The molecule has 0 aromatic heterocycles. The average molecular weight is 212 g/mol. The van der Waals surface area contributed by atoms with Crippen molar-refractivity contribution >= 4 is 6.16 Å². The minimum absolute atomic E-state index is 0.605. The van der Waals surface area contributed by atoms with Gasteiger partial charge in [0.05, 0.1) is 0 Å². The summed E-state index contributed by atoms with van der Waals surface area (Å²) in [6.07, 6.45) is 0.275. The second-order valence-electron chi connectivity index (χ2n) is 3.60. The average Bonchev–Trinajstić information content (AvgIpc) is 2.84. The number of alkyl halides is 1. The van der Waals surface area contributed by atoms with E-state index in [1.165, 1.54) is 0 Å². The van der Waals surface area contributed by atoms with E-state index < -0.39 is 11.8 Å². The molecule has 0 radical (unpaired) electrons. The molecule has 0 bridgehead atoms. The summed E-state index contributed by atoms with van der Waals surface area (Å²) in [5.41, 5.74) is 0.272. The summed E-state index contributed by atoms with van der Waals surface area (Å²) in [5, 5.41) is 13.9. The van der Waals surface area contributed by atoms with Crippen molar-refractivity contribution in [3.05, 3.63) is 35.9 Å². The van der Waals surface area contributed by atoms with Crippen LogP contribution in [0.1, 0.15) is 18.4 Å². The molecule has 1 aromatic carbocycles. The Morgan fingerprint density at radius 3 is 2.13 bits per heavy atom. The summed E-state index contributed by atoms with van der Waals surface area (Å²) in [4.78, 5) is 8.56. The lowest BCUT2D eigenvalue weighted by molar-refractivity contribution is 0.137. The van der Waals surface area contributed by atoms with Gasteiger partial charge < -0.3 is 10.2 Å². The number of benzene rings is 1. The summed E-state index contributed by atoms with van der Waals surface area (Å²) in [5.74, 6) is 0. The molecule has 0 amide bonds. The van der Waals surface area contributed by atoms with Crippen LogP contribution in [0.2, 0.25) is 0 Å². The third-order valence-corrected chi connectivity index (χ3v) is 2.16. The standard InChI is InChI=1S/C10H11F.CH2O3/c11-10(6-7-10)8-9-4-2-1-3-5-9;2-1(3)4/h1-5H,6-8H2;(H2,2,3,4). The van der Waals surface area contributed by atoms with Crippen LogP contribution in [0.3, 0.4) is 0 Å². The Hall–Kier alpha value is -1.58. The van der Waals surface area contributed by atoms with Crippen LogP contribution < -0.4 is 0 Å². The van der Waals surface area contributed by atoms with Gasteiger partial charge in [-0.1, -0.05) is 30.3 Å². The highest BCUT2D eigenvalue weighted by Crippen LogP contribution is 2.42. The summed E-state index contributed by atoms with van der Waals surface area (Å²) in [7, 11) is 0. The Morgan fingerprint density at radius 1 is 1.27 bits per heavy atom. The normalized spacial score (nSPS) is 16.1. The molecule has 1 aromatic rings. The fourth-order valence-electron chi connectivity index (χ4n) is 1.27. The molecule has 2 rings (SSSR count). The van der Waals surface area contributed by atoms with Crippen LogP contribution in [0, 0.1) is 0 Å². The predicted octanol–water partition coefficient (Wildman–Crippen LogP) is 2.95. The zero-order chi connectivity index (χ0) is 11.3. The molecule has 1 saturated carbocycles. The van der Waals surface area contributed by atoms with Crippen molar-refractivity contribution in [3.8, 4) is 0 Å². The number of rotatable bonds is 2. The molecule has 0 unspecified atom stereocenters. The van der Waals surface area contributed by atoms with E-state index in [0.29, 0.717) is 6.42 Å². The van der Waals surface area contributed by atoms with Crippen LogP contribution in [-0.4, -0.2) is 22.0 Å². The van der Waals surface area contributed by atoms with E-state index in [0.717, 1.165) is 18.4 Å². The molecule has 0 saturated heterocycles. The van der Waals surface area contributed by atoms with E-state index in [1.807, 2.05) is 30.3 Å². The van der Waals surface area contributed by atoms with Gasteiger partial charge in [-0.05, 0) is 18.4 Å². The zero-order valence-corrected chi connectivity index (χ0v) is 8.19. The third-order valence-electron chi connectivity index (χ3n) is 2.16. The van der Waals surface area contributed by atoms with Crippen LogP contribution in [0.4, 0.5) is 9.18 Å². The maximum absolute atomic E-state index is 13.2. The van der Waals surface area contributed by atoms with Crippen LogP contribution in [0.5, 0.6) is 0 Å². The fourth-order valence-corrected chi connectivity index (χ4v) is 1.27. The lowest BCUT2D eigenvalue weighted by Gasteiger charge is -2.03. The summed E-state index contributed by atoms with van der Waals surface area (Å²) in [6.45, 7) is 0. The van der Waals surface area contributed by atoms with Crippen LogP contribution in [-0.2, 0) is 6.42 Å². The highest BCUT2D eigenvalue weighted by atomic mass is 19.1. The Labute approximate surface area is 87.2 Å². The summed E-state index contributed by atoms with van der Waals surface area (Å²) in [6, 6.07) is 9.85. The van der Waals surface area contributed by atoms with E-state index in [9.17, 15) is 4.39 Å². The van der Waals surface area contributed by atoms with E-state index in [1.54, 1.807) is 0 Å². The molecular weight excluding hydrogens is 199 g/mol. The Kier molecular flexibility index (Phi) is 3.66. The van der Waals surface area contributed by atoms with Crippen LogP contribution in [0.25, 0.3) is 0 Å². The number of carboxylic acid groups (broad SMARTS) is 2. The molecule has 1 aliphatic carbocycles. The van der Waals surface area contributed by atoms with Gasteiger partial charge >= 0.3 is 6.16 Å². The summed E-state index contributed by atoms with van der Waals surface area (Å²) >= 11 is 0. The Balaban J connectivity index is 0.000000245. The van der Waals surface area contributed by atoms with Gasteiger partial charge in [-0.15, -0.1) is 0 Å². The van der Waals surface area contributed by atoms with Crippen molar-refractivity contribution in [1.82, 2.24) is 0 Å². The van der Waals surface area contributed by atoms with Gasteiger partial charge in [0.2, 0.25) is 0 Å². The second kappa shape index (κ2) is 4.77. The largest absolute Gasteiger partial charge is 0.503 e. The Morgan fingerprint density at radius 2 is 1.73 bits per heavy atom. The monoisotopic (exact) mass is 212 g/mol. The minimum atomic E-state index is -1.83. The van der Waals surface area contributed by atoms with Gasteiger partial charge in [-0.3, -0.25) is 0 Å². The number of halogens is 1. The van der Waals surface area contributed by atoms with Crippen LogP contribution in [0.15, 0.2) is 30.3 Å². The lowest BCUT2D eigenvalue weighted by atomic mass is 10.1. The first-order valence-corrected chi connectivity index (χ1v) is 4.67. The van der Waals surface area contributed by atoms with E-state index in [2.05, 4.69) is 0 Å². The van der Waals surface area contributed by atoms with Gasteiger partial charge in [0.15, 0.2) is 0 Å².